The van der Waals surface area contributed by atoms with Crippen LogP contribution >= 0.6 is 21.6 Å². The van der Waals surface area contributed by atoms with Crippen molar-refractivity contribution in [3.8, 4) is 0 Å². The van der Waals surface area contributed by atoms with Crippen LogP contribution in [0.5, 0.6) is 0 Å². The molecule has 0 fully saturated rings. The van der Waals surface area contributed by atoms with Gasteiger partial charge in [0, 0.05) is 16.8 Å². The van der Waals surface area contributed by atoms with Crippen LogP contribution in [0, 0.1) is 13.8 Å². The highest BCUT2D eigenvalue weighted by Gasteiger charge is 2.01. The van der Waals surface area contributed by atoms with Crippen LogP contribution in [0.3, 0.4) is 0 Å². The second-order valence-electron chi connectivity index (χ2n) is 3.40. The van der Waals surface area contributed by atoms with E-state index in [0.29, 0.717) is 0 Å². The highest BCUT2D eigenvalue weighted by atomic mass is 33.1. The minimum absolute atomic E-state index is 0.817. The number of benzene rings is 1. The molecule has 2 nitrogen and oxygen atoms in total. The third kappa shape index (κ3) is 3.00. The summed E-state index contributed by atoms with van der Waals surface area (Å²) in [6, 6.07) is 10.2. The Hall–Kier alpha value is -1.00. The summed E-state index contributed by atoms with van der Waals surface area (Å²) in [6.07, 6.45) is 1.87. The van der Waals surface area contributed by atoms with E-state index in [4.69, 9.17) is 0 Å². The van der Waals surface area contributed by atoms with E-state index in [-0.39, 0.29) is 0 Å². The molecule has 0 saturated carbocycles. The van der Waals surface area contributed by atoms with Crippen LogP contribution in [0.4, 0.5) is 0 Å². The molecule has 0 aliphatic heterocycles. The SMILES string of the molecule is Cc1cnc(SSc2ccccc2)nc1C. The van der Waals surface area contributed by atoms with Crippen molar-refractivity contribution >= 4 is 21.6 Å². The van der Waals surface area contributed by atoms with Crippen molar-refractivity contribution in [1.29, 1.82) is 0 Å². The summed E-state index contributed by atoms with van der Waals surface area (Å²) in [5.74, 6) is 0. The molecule has 0 radical (unpaired) electrons. The Labute approximate surface area is 103 Å². The molecule has 0 bridgehead atoms. The average Bonchev–Trinajstić information content (AvgIpc) is 2.32. The number of nitrogens with zero attached hydrogens (tertiary/aromatic N) is 2. The van der Waals surface area contributed by atoms with Crippen LogP contribution in [0.1, 0.15) is 11.3 Å². The number of rotatable bonds is 3. The van der Waals surface area contributed by atoms with Crippen LogP contribution in [0.15, 0.2) is 46.6 Å². The molecule has 0 atom stereocenters. The molecular weight excluding hydrogens is 236 g/mol. The van der Waals surface area contributed by atoms with Crippen LogP contribution in [0.25, 0.3) is 0 Å². The highest BCUT2D eigenvalue weighted by Crippen LogP contribution is 2.34. The van der Waals surface area contributed by atoms with E-state index < -0.39 is 0 Å². The largest absolute Gasteiger partial charge is 0.230 e. The van der Waals surface area contributed by atoms with Gasteiger partial charge in [0.1, 0.15) is 0 Å². The van der Waals surface area contributed by atoms with Crippen molar-refractivity contribution in [2.75, 3.05) is 0 Å². The van der Waals surface area contributed by atoms with Gasteiger partial charge >= 0.3 is 0 Å². The van der Waals surface area contributed by atoms with Gasteiger partial charge in [0.25, 0.3) is 0 Å². The Morgan fingerprint density at radius 2 is 1.75 bits per heavy atom. The lowest BCUT2D eigenvalue weighted by molar-refractivity contribution is 0.918. The molecule has 0 spiro atoms. The lowest BCUT2D eigenvalue weighted by atomic mass is 10.3. The van der Waals surface area contributed by atoms with Crippen LogP contribution < -0.4 is 0 Å². The number of hydrogen-bond acceptors (Lipinski definition) is 4. The summed E-state index contributed by atoms with van der Waals surface area (Å²) in [6.45, 7) is 4.03. The van der Waals surface area contributed by atoms with Crippen molar-refractivity contribution in [3.63, 3.8) is 0 Å². The molecular formula is C12H12N2S2. The van der Waals surface area contributed by atoms with Gasteiger partial charge in [-0.3, -0.25) is 0 Å². The molecule has 2 rings (SSSR count). The topological polar surface area (TPSA) is 25.8 Å². The maximum atomic E-state index is 4.42. The number of aryl methyl sites for hydroxylation is 2. The Bertz CT molecular complexity index is 472. The normalized spacial score (nSPS) is 10.4. The molecule has 1 aromatic carbocycles. The van der Waals surface area contributed by atoms with E-state index in [2.05, 4.69) is 22.1 Å². The van der Waals surface area contributed by atoms with Crippen molar-refractivity contribution in [2.24, 2.45) is 0 Å². The third-order valence-electron chi connectivity index (χ3n) is 2.16. The summed E-state index contributed by atoms with van der Waals surface area (Å²) in [5, 5.41) is 0.817. The first-order valence-corrected chi connectivity index (χ1v) is 7.10. The molecule has 4 heteroatoms. The summed E-state index contributed by atoms with van der Waals surface area (Å²) < 4.78 is 0. The molecule has 0 aliphatic carbocycles. The van der Waals surface area contributed by atoms with Crippen LogP contribution in [0.2, 0.25) is 0 Å². The predicted molar refractivity (Wildman–Crippen MR) is 69.7 cm³/mol. The zero-order chi connectivity index (χ0) is 11.4. The van der Waals surface area contributed by atoms with Gasteiger partial charge in [0.2, 0.25) is 0 Å². The van der Waals surface area contributed by atoms with Gasteiger partial charge in [-0.15, -0.1) is 0 Å². The molecule has 2 aromatic rings. The standard InChI is InChI=1S/C12H12N2S2/c1-9-8-13-12(14-10(9)2)16-15-11-6-4-3-5-7-11/h3-8H,1-2H3. The van der Waals surface area contributed by atoms with E-state index in [9.17, 15) is 0 Å². The smallest absolute Gasteiger partial charge is 0.198 e. The minimum Gasteiger partial charge on any atom is -0.230 e. The maximum Gasteiger partial charge on any atom is 0.198 e. The van der Waals surface area contributed by atoms with Crippen molar-refractivity contribution in [1.82, 2.24) is 9.97 Å². The molecule has 0 amide bonds. The molecule has 1 aromatic heterocycles. The molecule has 0 saturated heterocycles. The maximum absolute atomic E-state index is 4.42. The second-order valence-corrected chi connectivity index (χ2v) is 5.57. The Balaban J connectivity index is 2.03. The fourth-order valence-electron chi connectivity index (χ4n) is 1.11. The first kappa shape index (κ1) is 11.5. The first-order chi connectivity index (χ1) is 7.75. The van der Waals surface area contributed by atoms with Gasteiger partial charge in [0.15, 0.2) is 5.16 Å². The fraction of sp³-hybridized carbons (Fsp3) is 0.167. The van der Waals surface area contributed by atoms with Gasteiger partial charge in [-0.1, -0.05) is 18.2 Å². The van der Waals surface area contributed by atoms with Crippen LogP contribution in [-0.2, 0) is 0 Å². The van der Waals surface area contributed by atoms with E-state index in [0.717, 1.165) is 16.4 Å². The van der Waals surface area contributed by atoms with E-state index >= 15 is 0 Å². The zero-order valence-electron chi connectivity index (χ0n) is 9.18. The quantitative estimate of drug-likeness (QED) is 0.608. The molecule has 16 heavy (non-hydrogen) atoms. The Morgan fingerprint density at radius 3 is 2.44 bits per heavy atom. The van der Waals surface area contributed by atoms with Crippen LogP contribution in [-0.4, -0.2) is 9.97 Å². The first-order valence-electron chi connectivity index (χ1n) is 4.95. The van der Waals surface area contributed by atoms with E-state index in [1.165, 1.54) is 4.90 Å². The second kappa shape index (κ2) is 5.37. The van der Waals surface area contributed by atoms with Crippen molar-refractivity contribution in [3.05, 3.63) is 47.8 Å². The zero-order valence-corrected chi connectivity index (χ0v) is 10.8. The number of hydrogen-bond donors (Lipinski definition) is 0. The van der Waals surface area contributed by atoms with E-state index in [1.807, 2.05) is 38.2 Å². The third-order valence-corrected chi connectivity index (χ3v) is 4.33. The molecule has 0 aliphatic rings. The fourth-order valence-corrected chi connectivity index (χ4v) is 2.90. The van der Waals surface area contributed by atoms with Crippen molar-refractivity contribution in [2.45, 2.75) is 23.9 Å². The van der Waals surface area contributed by atoms with Gasteiger partial charge in [-0.05, 0) is 53.1 Å². The summed E-state index contributed by atoms with van der Waals surface area (Å²) in [7, 11) is 3.27. The monoisotopic (exact) mass is 248 g/mol. The van der Waals surface area contributed by atoms with Gasteiger partial charge in [-0.25, -0.2) is 9.97 Å². The average molecular weight is 248 g/mol. The molecule has 0 N–H and O–H groups in total. The summed E-state index contributed by atoms with van der Waals surface area (Å²) >= 11 is 0. The van der Waals surface area contributed by atoms with Gasteiger partial charge < -0.3 is 0 Å². The molecule has 0 unspecified atom stereocenters. The lowest BCUT2D eigenvalue weighted by Crippen LogP contribution is -1.91. The minimum atomic E-state index is 0.817. The summed E-state index contributed by atoms with van der Waals surface area (Å²) in [4.78, 5) is 9.92. The van der Waals surface area contributed by atoms with Crippen molar-refractivity contribution < 1.29 is 0 Å². The van der Waals surface area contributed by atoms with Gasteiger partial charge in [-0.2, -0.15) is 0 Å². The number of aromatic nitrogens is 2. The Morgan fingerprint density at radius 1 is 1.00 bits per heavy atom. The molecule has 82 valence electrons. The predicted octanol–water partition coefficient (Wildman–Crippen LogP) is 3.89. The summed E-state index contributed by atoms with van der Waals surface area (Å²) in [5.41, 5.74) is 2.18. The van der Waals surface area contributed by atoms with Gasteiger partial charge in [0.05, 0.1) is 0 Å². The van der Waals surface area contributed by atoms with E-state index in [1.54, 1.807) is 21.6 Å². The highest BCUT2D eigenvalue weighted by molar-refractivity contribution is 8.76. The molecule has 1 heterocycles. The lowest BCUT2D eigenvalue weighted by Gasteiger charge is -2.02. The Kier molecular flexibility index (Phi) is 3.85.